The summed E-state index contributed by atoms with van der Waals surface area (Å²) in [4.78, 5) is 23.6. The smallest absolute Gasteiger partial charge is 0.239 e. The highest BCUT2D eigenvalue weighted by atomic mass is 32.2. The molecule has 0 atom stereocenters. The number of sulfonamides is 1. The largest absolute Gasteiger partial charge is 0.309 e. The van der Waals surface area contributed by atoms with Crippen LogP contribution >= 0.6 is 0 Å². The lowest BCUT2D eigenvalue weighted by Crippen LogP contribution is -2.47. The average molecular weight is 478 g/mol. The Morgan fingerprint density at radius 2 is 1.74 bits per heavy atom. The molecule has 1 spiro atoms. The van der Waals surface area contributed by atoms with Crippen molar-refractivity contribution in [1.82, 2.24) is 14.9 Å². The van der Waals surface area contributed by atoms with Gasteiger partial charge in [0.1, 0.15) is 5.82 Å². The molecule has 5 rings (SSSR count). The van der Waals surface area contributed by atoms with Gasteiger partial charge in [-0.15, -0.1) is 0 Å². The Kier molecular flexibility index (Phi) is 5.83. The predicted octanol–water partition coefficient (Wildman–Crippen LogP) is 2.90. The minimum Gasteiger partial charge on any atom is -0.309 e. The summed E-state index contributed by atoms with van der Waals surface area (Å²) in [6, 6.07) is 19.1. The number of fused-ring (bicyclic) bond motifs is 2. The van der Waals surface area contributed by atoms with Gasteiger partial charge in [0.05, 0.1) is 18.5 Å². The van der Waals surface area contributed by atoms with Crippen LogP contribution in [0.3, 0.4) is 0 Å². The summed E-state index contributed by atoms with van der Waals surface area (Å²) < 4.78 is 26.3. The molecule has 1 fully saturated rings. The number of amides is 1. The second-order valence-electron chi connectivity index (χ2n) is 9.02. The number of likely N-dealkylation sites (tertiary alicyclic amines) is 1. The SMILES string of the molecule is CS(=O)(=O)N1CC2(CCN(CC(=O)Nc3ccnc(-c4ccccc4)n3)CC2)c2ccccc21. The van der Waals surface area contributed by atoms with E-state index in [0.717, 1.165) is 42.7 Å². The fourth-order valence-electron chi connectivity index (χ4n) is 4.99. The maximum absolute atomic E-state index is 12.7. The van der Waals surface area contributed by atoms with Crippen LogP contribution in [-0.4, -0.2) is 61.6 Å². The highest BCUT2D eigenvalue weighted by Gasteiger charge is 2.46. The van der Waals surface area contributed by atoms with E-state index in [2.05, 4.69) is 20.2 Å². The van der Waals surface area contributed by atoms with Crippen molar-refractivity contribution >= 4 is 27.4 Å². The quantitative estimate of drug-likeness (QED) is 0.607. The maximum Gasteiger partial charge on any atom is 0.239 e. The number of piperidine rings is 1. The molecule has 0 unspecified atom stereocenters. The number of nitrogens with zero attached hydrogens (tertiary/aromatic N) is 4. The third-order valence-electron chi connectivity index (χ3n) is 6.73. The van der Waals surface area contributed by atoms with Crippen LogP contribution in [0.15, 0.2) is 66.9 Å². The second kappa shape index (κ2) is 8.81. The molecule has 9 heteroatoms. The molecule has 8 nitrogen and oxygen atoms in total. The Morgan fingerprint density at radius 1 is 1.03 bits per heavy atom. The molecule has 2 aliphatic rings. The number of benzene rings is 2. The topological polar surface area (TPSA) is 95.5 Å². The molecule has 1 N–H and O–H groups in total. The van der Waals surface area contributed by atoms with Gasteiger partial charge in [0.2, 0.25) is 15.9 Å². The molecule has 1 aromatic heterocycles. The molecule has 1 saturated heterocycles. The lowest BCUT2D eigenvalue weighted by Gasteiger charge is -2.39. The van der Waals surface area contributed by atoms with Gasteiger partial charge >= 0.3 is 0 Å². The lowest BCUT2D eigenvalue weighted by molar-refractivity contribution is -0.117. The van der Waals surface area contributed by atoms with Crippen LogP contribution in [0.5, 0.6) is 0 Å². The van der Waals surface area contributed by atoms with E-state index in [4.69, 9.17) is 0 Å². The van der Waals surface area contributed by atoms with Crippen LogP contribution in [0.25, 0.3) is 11.4 Å². The Morgan fingerprint density at radius 3 is 2.47 bits per heavy atom. The van der Waals surface area contributed by atoms with Crippen LogP contribution in [-0.2, 0) is 20.2 Å². The van der Waals surface area contributed by atoms with Gasteiger partial charge in [-0.1, -0.05) is 48.5 Å². The van der Waals surface area contributed by atoms with Crippen molar-refractivity contribution in [3.05, 3.63) is 72.4 Å². The van der Waals surface area contributed by atoms with Crippen molar-refractivity contribution in [3.8, 4) is 11.4 Å². The predicted molar refractivity (Wildman–Crippen MR) is 132 cm³/mol. The summed E-state index contributed by atoms with van der Waals surface area (Å²) in [5.41, 5.74) is 2.57. The second-order valence-corrected chi connectivity index (χ2v) is 10.9. The zero-order valence-electron chi connectivity index (χ0n) is 19.0. The lowest BCUT2D eigenvalue weighted by atomic mass is 9.74. The van der Waals surface area contributed by atoms with Crippen LogP contribution in [0.4, 0.5) is 11.5 Å². The molecule has 0 saturated carbocycles. The van der Waals surface area contributed by atoms with E-state index in [0.29, 0.717) is 18.2 Å². The molecule has 0 bridgehead atoms. The summed E-state index contributed by atoms with van der Waals surface area (Å²) in [5, 5.41) is 2.88. The summed E-state index contributed by atoms with van der Waals surface area (Å²) in [5.74, 6) is 0.910. The van der Waals surface area contributed by atoms with E-state index in [1.807, 2.05) is 54.6 Å². The van der Waals surface area contributed by atoms with Crippen molar-refractivity contribution in [2.45, 2.75) is 18.3 Å². The highest BCUT2D eigenvalue weighted by Crippen LogP contribution is 2.47. The van der Waals surface area contributed by atoms with Gasteiger partial charge in [-0.2, -0.15) is 0 Å². The van der Waals surface area contributed by atoms with Gasteiger partial charge in [-0.3, -0.25) is 14.0 Å². The number of hydrogen-bond donors (Lipinski definition) is 1. The van der Waals surface area contributed by atoms with Crippen LogP contribution in [0.1, 0.15) is 18.4 Å². The monoisotopic (exact) mass is 477 g/mol. The molecular formula is C25H27N5O3S. The first-order valence-corrected chi connectivity index (χ1v) is 13.2. The molecule has 2 aromatic carbocycles. The first-order valence-electron chi connectivity index (χ1n) is 11.3. The van der Waals surface area contributed by atoms with E-state index in [-0.39, 0.29) is 17.9 Å². The van der Waals surface area contributed by atoms with E-state index >= 15 is 0 Å². The first-order chi connectivity index (χ1) is 16.3. The summed E-state index contributed by atoms with van der Waals surface area (Å²) in [6.45, 7) is 2.17. The van der Waals surface area contributed by atoms with Crippen LogP contribution < -0.4 is 9.62 Å². The van der Waals surface area contributed by atoms with Gasteiger partial charge in [-0.25, -0.2) is 18.4 Å². The maximum atomic E-state index is 12.7. The number of anilines is 2. The molecule has 0 aliphatic carbocycles. The van der Waals surface area contributed by atoms with Crippen molar-refractivity contribution in [1.29, 1.82) is 0 Å². The van der Waals surface area contributed by atoms with Gasteiger partial charge in [-0.05, 0) is 43.6 Å². The number of aromatic nitrogens is 2. The van der Waals surface area contributed by atoms with Crippen molar-refractivity contribution in [2.24, 2.45) is 0 Å². The van der Waals surface area contributed by atoms with Crippen molar-refractivity contribution in [3.63, 3.8) is 0 Å². The van der Waals surface area contributed by atoms with Crippen molar-refractivity contribution in [2.75, 3.05) is 42.1 Å². The molecular weight excluding hydrogens is 450 g/mol. The first kappa shape index (κ1) is 22.5. The number of rotatable bonds is 5. The molecule has 1 amide bonds. The molecule has 34 heavy (non-hydrogen) atoms. The van der Waals surface area contributed by atoms with Gasteiger partial charge < -0.3 is 5.32 Å². The van der Waals surface area contributed by atoms with E-state index in [1.165, 1.54) is 10.6 Å². The minimum absolute atomic E-state index is 0.127. The number of nitrogens with one attached hydrogen (secondary N) is 1. The molecule has 3 aromatic rings. The van der Waals surface area contributed by atoms with Crippen molar-refractivity contribution < 1.29 is 13.2 Å². The Hall–Kier alpha value is -3.30. The standard InChI is InChI=1S/C25H27N5O3S/c1-34(32,33)30-18-25(20-9-5-6-10-21(20)30)12-15-29(16-13-25)17-23(31)27-22-11-14-26-24(28-22)19-7-3-2-4-8-19/h2-11,14H,12-13,15-18H2,1H3,(H,26,27,28,31). The molecule has 0 radical (unpaired) electrons. The third-order valence-corrected chi connectivity index (χ3v) is 7.85. The van der Waals surface area contributed by atoms with Crippen LogP contribution in [0.2, 0.25) is 0 Å². The number of carbonyl (C=O) groups excluding carboxylic acids is 1. The summed E-state index contributed by atoms with van der Waals surface area (Å²) in [6.07, 6.45) is 4.50. The van der Waals surface area contributed by atoms with Gasteiger partial charge in [0.25, 0.3) is 0 Å². The zero-order chi connectivity index (χ0) is 23.8. The van der Waals surface area contributed by atoms with Gasteiger partial charge in [0, 0.05) is 23.7 Å². The fraction of sp³-hybridized carbons (Fsp3) is 0.320. The fourth-order valence-corrected chi connectivity index (χ4v) is 5.99. The number of para-hydroxylation sites is 1. The minimum atomic E-state index is -3.34. The third kappa shape index (κ3) is 4.41. The van der Waals surface area contributed by atoms with Gasteiger partial charge in [0.15, 0.2) is 5.82 Å². The molecule has 3 heterocycles. The normalized spacial score (nSPS) is 17.5. The highest BCUT2D eigenvalue weighted by molar-refractivity contribution is 7.92. The number of carbonyl (C=O) groups is 1. The number of hydrogen-bond acceptors (Lipinski definition) is 6. The zero-order valence-corrected chi connectivity index (χ0v) is 19.8. The Labute approximate surface area is 199 Å². The summed E-state index contributed by atoms with van der Waals surface area (Å²) in [7, 11) is -3.34. The Bertz CT molecular complexity index is 1300. The van der Waals surface area contributed by atoms with E-state index in [1.54, 1.807) is 12.3 Å². The average Bonchev–Trinajstić information content (AvgIpc) is 3.16. The van der Waals surface area contributed by atoms with E-state index in [9.17, 15) is 13.2 Å². The molecule has 176 valence electrons. The summed E-state index contributed by atoms with van der Waals surface area (Å²) >= 11 is 0. The Balaban J connectivity index is 1.22. The van der Waals surface area contributed by atoms with Crippen LogP contribution in [0, 0.1) is 0 Å². The molecule has 2 aliphatic heterocycles. The van der Waals surface area contributed by atoms with E-state index < -0.39 is 10.0 Å².